The number of aryl methyl sites for hydroxylation is 1. The van der Waals surface area contributed by atoms with E-state index in [4.69, 9.17) is 0 Å². The van der Waals surface area contributed by atoms with Crippen LogP contribution in [0.25, 0.3) is 27.2 Å². The summed E-state index contributed by atoms with van der Waals surface area (Å²) in [6.45, 7) is 11.9. The van der Waals surface area contributed by atoms with Crippen LogP contribution in [-0.4, -0.2) is 4.40 Å². The van der Waals surface area contributed by atoms with E-state index in [-0.39, 0.29) is 10.8 Å². The Balaban J connectivity index is 2.24. The fraction of sp³-hybridized carbons (Fsp3) is 0.304. The highest BCUT2D eigenvalue weighted by Crippen LogP contribution is 2.52. The van der Waals surface area contributed by atoms with Crippen LogP contribution < -0.4 is 0 Å². The molecule has 0 aliphatic carbocycles. The summed E-state index contributed by atoms with van der Waals surface area (Å²) in [6.07, 6.45) is 0. The second-order valence-electron chi connectivity index (χ2n) is 8.39. The molecule has 0 amide bonds. The van der Waals surface area contributed by atoms with Gasteiger partial charge in [-0.15, -0.1) is 0 Å². The summed E-state index contributed by atoms with van der Waals surface area (Å²) in [5, 5.41) is 4.09. The van der Waals surface area contributed by atoms with Crippen molar-refractivity contribution in [1.29, 1.82) is 0 Å². The number of benzene rings is 2. The van der Waals surface area contributed by atoms with E-state index >= 15 is 0 Å². The lowest BCUT2D eigenvalue weighted by Gasteiger charge is -2.46. The quantitative estimate of drug-likeness (QED) is 0.344. The minimum absolute atomic E-state index is 0.0766. The summed E-state index contributed by atoms with van der Waals surface area (Å²) in [5.74, 6) is 0. The molecular formula is C23H23N. The number of hydrogen-bond donors (Lipinski definition) is 0. The zero-order valence-corrected chi connectivity index (χ0v) is 15.1. The third-order valence-corrected chi connectivity index (χ3v) is 6.77. The lowest BCUT2D eigenvalue weighted by atomic mass is 9.60. The molecule has 1 aliphatic heterocycles. The zero-order valence-electron chi connectivity index (χ0n) is 15.1. The minimum atomic E-state index is 0.0766. The first-order chi connectivity index (χ1) is 11.4. The van der Waals surface area contributed by atoms with Crippen LogP contribution in [0, 0.1) is 6.92 Å². The predicted molar refractivity (Wildman–Crippen MR) is 103 cm³/mol. The van der Waals surface area contributed by atoms with E-state index in [9.17, 15) is 0 Å². The van der Waals surface area contributed by atoms with Crippen LogP contribution in [-0.2, 0) is 10.8 Å². The molecule has 0 unspecified atom stereocenters. The van der Waals surface area contributed by atoms with E-state index in [1.54, 1.807) is 0 Å². The van der Waals surface area contributed by atoms with Crippen LogP contribution in [0.5, 0.6) is 0 Å². The lowest BCUT2D eigenvalue weighted by molar-refractivity contribution is 0.287. The van der Waals surface area contributed by atoms with Gasteiger partial charge in [0.2, 0.25) is 0 Å². The standard InChI is InChI=1S/C23H23N/c1-14-13-19-16-10-7-6-9-15(16)17-11-8-12-18-20(17)24(19)21(14)23(4,5)22(18,2)3/h6-13H,1-5H3. The summed E-state index contributed by atoms with van der Waals surface area (Å²) in [6, 6.07) is 18.1. The number of para-hydroxylation sites is 1. The molecule has 2 aromatic heterocycles. The Bertz CT molecular complexity index is 1160. The second kappa shape index (κ2) is 4.03. The smallest absolute Gasteiger partial charge is 0.0575 e. The van der Waals surface area contributed by atoms with Crippen LogP contribution in [0.3, 0.4) is 0 Å². The molecule has 0 bridgehead atoms. The maximum Gasteiger partial charge on any atom is 0.0575 e. The average molecular weight is 313 g/mol. The van der Waals surface area contributed by atoms with E-state index in [0.717, 1.165) is 0 Å². The number of hydrogen-bond acceptors (Lipinski definition) is 0. The van der Waals surface area contributed by atoms with Crippen molar-refractivity contribution in [1.82, 2.24) is 4.40 Å². The molecule has 1 heteroatoms. The predicted octanol–water partition coefficient (Wildman–Crippen LogP) is 6.12. The van der Waals surface area contributed by atoms with Crippen molar-refractivity contribution >= 4 is 27.2 Å². The Morgan fingerprint density at radius 1 is 0.750 bits per heavy atom. The van der Waals surface area contributed by atoms with Gasteiger partial charge in [0.25, 0.3) is 0 Å². The van der Waals surface area contributed by atoms with E-state index < -0.39 is 0 Å². The summed E-state index contributed by atoms with van der Waals surface area (Å²) >= 11 is 0. The maximum atomic E-state index is 2.55. The van der Waals surface area contributed by atoms with Gasteiger partial charge in [0.05, 0.1) is 11.0 Å². The molecular weight excluding hydrogens is 290 g/mol. The largest absolute Gasteiger partial charge is 0.312 e. The van der Waals surface area contributed by atoms with E-state index in [0.29, 0.717) is 0 Å². The van der Waals surface area contributed by atoms with Gasteiger partial charge in [-0.05, 0) is 29.5 Å². The molecule has 3 heterocycles. The molecule has 0 N–H and O–H groups in total. The molecule has 1 aliphatic rings. The van der Waals surface area contributed by atoms with Crippen LogP contribution in [0.1, 0.15) is 44.5 Å². The first kappa shape index (κ1) is 14.1. The number of aromatic nitrogens is 1. The molecule has 24 heavy (non-hydrogen) atoms. The van der Waals surface area contributed by atoms with Gasteiger partial charge in [-0.1, -0.05) is 70.2 Å². The minimum Gasteiger partial charge on any atom is -0.312 e. The molecule has 0 fully saturated rings. The summed E-state index contributed by atoms with van der Waals surface area (Å²) in [4.78, 5) is 0. The molecule has 5 rings (SSSR count). The topological polar surface area (TPSA) is 4.41 Å². The molecule has 4 aromatic rings. The summed E-state index contributed by atoms with van der Waals surface area (Å²) in [7, 11) is 0. The van der Waals surface area contributed by atoms with Crippen molar-refractivity contribution in [3.63, 3.8) is 0 Å². The Kier molecular flexibility index (Phi) is 2.37. The highest BCUT2D eigenvalue weighted by molar-refractivity contribution is 6.14. The van der Waals surface area contributed by atoms with E-state index in [2.05, 4.69) is 87.6 Å². The highest BCUT2D eigenvalue weighted by atomic mass is 15.0. The van der Waals surface area contributed by atoms with Gasteiger partial charge in [0.1, 0.15) is 0 Å². The van der Waals surface area contributed by atoms with Gasteiger partial charge in [-0.3, -0.25) is 0 Å². The van der Waals surface area contributed by atoms with Crippen molar-refractivity contribution in [2.45, 2.75) is 45.4 Å². The molecule has 0 spiro atoms. The lowest BCUT2D eigenvalue weighted by Crippen LogP contribution is -2.44. The van der Waals surface area contributed by atoms with Crippen molar-refractivity contribution in [3.05, 3.63) is 65.4 Å². The molecule has 0 radical (unpaired) electrons. The Hall–Kier alpha value is -2.28. The number of pyridine rings is 1. The fourth-order valence-corrected chi connectivity index (χ4v) is 4.92. The number of rotatable bonds is 0. The van der Waals surface area contributed by atoms with Gasteiger partial charge in [0, 0.05) is 27.3 Å². The van der Waals surface area contributed by atoms with E-state index in [1.807, 2.05) is 0 Å². The van der Waals surface area contributed by atoms with Crippen molar-refractivity contribution in [3.8, 4) is 0 Å². The zero-order chi connectivity index (χ0) is 16.9. The third-order valence-electron chi connectivity index (χ3n) is 6.77. The Morgan fingerprint density at radius 2 is 1.42 bits per heavy atom. The normalized spacial score (nSPS) is 18.0. The summed E-state index contributed by atoms with van der Waals surface area (Å²) < 4.78 is 2.55. The van der Waals surface area contributed by atoms with E-state index in [1.165, 1.54) is 44.0 Å². The van der Waals surface area contributed by atoms with Crippen molar-refractivity contribution in [2.24, 2.45) is 0 Å². The van der Waals surface area contributed by atoms with Crippen LogP contribution in [0.4, 0.5) is 0 Å². The fourth-order valence-electron chi connectivity index (χ4n) is 4.92. The molecule has 1 nitrogen and oxygen atoms in total. The average Bonchev–Trinajstić information content (AvgIpc) is 2.91. The molecule has 2 aromatic carbocycles. The van der Waals surface area contributed by atoms with Crippen LogP contribution in [0.15, 0.2) is 48.5 Å². The molecule has 120 valence electrons. The van der Waals surface area contributed by atoms with Crippen molar-refractivity contribution < 1.29 is 0 Å². The van der Waals surface area contributed by atoms with Crippen molar-refractivity contribution in [2.75, 3.05) is 0 Å². The monoisotopic (exact) mass is 313 g/mol. The first-order valence-electron chi connectivity index (χ1n) is 8.82. The van der Waals surface area contributed by atoms with Gasteiger partial charge in [-0.2, -0.15) is 0 Å². The second-order valence-corrected chi connectivity index (χ2v) is 8.39. The SMILES string of the molecule is Cc1cc2c3ccccc3c3cccc4c3n2c1C(C)(C)C4(C)C. The van der Waals surface area contributed by atoms with Gasteiger partial charge in [0.15, 0.2) is 0 Å². The molecule has 0 saturated heterocycles. The van der Waals surface area contributed by atoms with Crippen LogP contribution in [0.2, 0.25) is 0 Å². The Morgan fingerprint density at radius 3 is 2.17 bits per heavy atom. The first-order valence-corrected chi connectivity index (χ1v) is 8.82. The maximum absolute atomic E-state index is 2.55. The van der Waals surface area contributed by atoms with Gasteiger partial charge >= 0.3 is 0 Å². The number of nitrogens with zero attached hydrogens (tertiary/aromatic N) is 1. The third kappa shape index (κ3) is 1.34. The van der Waals surface area contributed by atoms with Crippen LogP contribution >= 0.6 is 0 Å². The number of fused-ring (bicyclic) bond motifs is 3. The highest BCUT2D eigenvalue weighted by Gasteiger charge is 2.46. The summed E-state index contributed by atoms with van der Waals surface area (Å²) in [5.41, 5.74) is 7.25. The van der Waals surface area contributed by atoms with Gasteiger partial charge in [-0.25, -0.2) is 0 Å². The molecule has 0 atom stereocenters. The molecule has 0 saturated carbocycles. The Labute approximate surface area is 142 Å². The van der Waals surface area contributed by atoms with Gasteiger partial charge < -0.3 is 4.40 Å².